The summed E-state index contributed by atoms with van der Waals surface area (Å²) in [6, 6.07) is 9.34. The van der Waals surface area contributed by atoms with Crippen molar-refractivity contribution in [2.45, 2.75) is 0 Å². The molecular formula is C20H18N2O10. The average Bonchev–Trinajstić information content (AvgIpc) is 3.44. The monoisotopic (exact) mass is 446 g/mol. The number of fused-ring (bicyclic) bond motifs is 2. The molecule has 2 aliphatic heterocycles. The van der Waals surface area contributed by atoms with Crippen molar-refractivity contribution in [3.63, 3.8) is 0 Å². The Hall–Kier alpha value is -4.48. The summed E-state index contributed by atoms with van der Waals surface area (Å²) in [4.78, 5) is 43.5. The van der Waals surface area contributed by atoms with Gasteiger partial charge in [0.15, 0.2) is 23.0 Å². The van der Waals surface area contributed by atoms with Gasteiger partial charge in [0.2, 0.25) is 13.6 Å². The van der Waals surface area contributed by atoms with E-state index >= 15 is 0 Å². The molecule has 0 radical (unpaired) electrons. The van der Waals surface area contributed by atoms with Crippen molar-refractivity contribution in [1.82, 2.24) is 10.6 Å². The number of hydrogen-bond acceptors (Lipinski definition) is 8. The topological polar surface area (TPSA) is 170 Å². The zero-order valence-electron chi connectivity index (χ0n) is 16.5. The van der Waals surface area contributed by atoms with Crippen molar-refractivity contribution in [3.8, 4) is 23.0 Å². The first kappa shape index (κ1) is 22.2. The maximum atomic E-state index is 11.5. The van der Waals surface area contributed by atoms with E-state index in [2.05, 4.69) is 10.6 Å². The number of carbonyl (C=O) groups excluding carboxylic acids is 2. The van der Waals surface area contributed by atoms with Gasteiger partial charge in [0.1, 0.15) is 13.1 Å². The molecule has 0 bridgehead atoms. The molecule has 4 N–H and O–H groups in total. The van der Waals surface area contributed by atoms with Gasteiger partial charge in [0, 0.05) is 11.1 Å². The number of benzene rings is 2. The van der Waals surface area contributed by atoms with E-state index in [-0.39, 0.29) is 13.6 Å². The number of rotatable bonds is 6. The molecule has 0 aromatic heterocycles. The van der Waals surface area contributed by atoms with Gasteiger partial charge in [0.25, 0.3) is 11.8 Å². The highest BCUT2D eigenvalue weighted by Crippen LogP contribution is 2.33. The molecule has 168 valence electrons. The lowest BCUT2D eigenvalue weighted by atomic mass is 10.2. The van der Waals surface area contributed by atoms with Crippen molar-refractivity contribution in [2.24, 2.45) is 0 Å². The molecular weight excluding hydrogens is 428 g/mol. The molecule has 2 aliphatic rings. The van der Waals surface area contributed by atoms with Gasteiger partial charge in [-0.15, -0.1) is 0 Å². The largest absolute Gasteiger partial charge is 0.480 e. The first-order valence-corrected chi connectivity index (χ1v) is 9.13. The summed E-state index contributed by atoms with van der Waals surface area (Å²) in [5.74, 6) is -0.958. The van der Waals surface area contributed by atoms with Crippen LogP contribution in [0, 0.1) is 0 Å². The van der Waals surface area contributed by atoms with Crippen LogP contribution in [0.15, 0.2) is 36.4 Å². The van der Waals surface area contributed by atoms with Crippen LogP contribution in [-0.2, 0) is 9.59 Å². The normalized spacial score (nSPS) is 12.2. The zero-order chi connectivity index (χ0) is 23.1. The standard InChI is InChI=1S/2C10H9NO5/c2*12-9(13)4-11-10(14)6-1-2-7-8(3-6)16-5-15-7/h2*1-3H,4-5H2,(H,11,14)(H,12,13). The molecule has 0 spiro atoms. The molecule has 2 aromatic carbocycles. The lowest BCUT2D eigenvalue weighted by molar-refractivity contribution is -0.136. The number of carbonyl (C=O) groups is 4. The minimum absolute atomic E-state index is 0.134. The number of carboxylic acid groups (broad SMARTS) is 2. The van der Waals surface area contributed by atoms with E-state index in [0.717, 1.165) is 0 Å². The van der Waals surface area contributed by atoms with Crippen molar-refractivity contribution in [1.29, 1.82) is 0 Å². The minimum atomic E-state index is -1.09. The molecule has 0 unspecified atom stereocenters. The van der Waals surface area contributed by atoms with Gasteiger partial charge >= 0.3 is 11.9 Å². The van der Waals surface area contributed by atoms with Crippen molar-refractivity contribution >= 4 is 23.8 Å². The molecule has 0 saturated carbocycles. The van der Waals surface area contributed by atoms with Crippen LogP contribution in [0.3, 0.4) is 0 Å². The Labute approximate surface area is 180 Å². The van der Waals surface area contributed by atoms with E-state index in [1.54, 1.807) is 24.3 Å². The quantitative estimate of drug-likeness (QED) is 0.489. The number of hydrogen-bond donors (Lipinski definition) is 4. The predicted octanol–water partition coefficient (Wildman–Crippen LogP) is 0.459. The third-order valence-electron chi connectivity index (χ3n) is 4.07. The second-order valence-electron chi connectivity index (χ2n) is 6.29. The average molecular weight is 446 g/mol. The molecule has 12 heteroatoms. The van der Waals surface area contributed by atoms with Gasteiger partial charge in [0.05, 0.1) is 0 Å². The maximum Gasteiger partial charge on any atom is 0.322 e. The molecule has 2 amide bonds. The molecule has 2 heterocycles. The van der Waals surface area contributed by atoms with Crippen molar-refractivity contribution in [2.75, 3.05) is 26.7 Å². The summed E-state index contributed by atoms with van der Waals surface area (Å²) in [6.45, 7) is -0.550. The lowest BCUT2D eigenvalue weighted by Gasteiger charge is -2.03. The third kappa shape index (κ3) is 5.78. The molecule has 0 saturated heterocycles. The summed E-state index contributed by atoms with van der Waals surface area (Å²) in [7, 11) is 0. The van der Waals surface area contributed by atoms with Crippen LogP contribution in [0.2, 0.25) is 0 Å². The van der Waals surface area contributed by atoms with Crippen LogP contribution in [0.4, 0.5) is 0 Å². The molecule has 0 atom stereocenters. The van der Waals surface area contributed by atoms with Crippen LogP contribution in [0.25, 0.3) is 0 Å². The minimum Gasteiger partial charge on any atom is -0.480 e. The Bertz CT molecular complexity index is 969. The van der Waals surface area contributed by atoms with Crippen LogP contribution >= 0.6 is 0 Å². The fourth-order valence-electron chi connectivity index (χ4n) is 2.59. The third-order valence-corrected chi connectivity index (χ3v) is 4.07. The molecule has 4 rings (SSSR count). The highest BCUT2D eigenvalue weighted by Gasteiger charge is 2.17. The highest BCUT2D eigenvalue weighted by atomic mass is 16.7. The number of aliphatic carboxylic acids is 2. The van der Waals surface area contributed by atoms with Crippen LogP contribution < -0.4 is 29.6 Å². The first-order chi connectivity index (χ1) is 15.3. The first-order valence-electron chi connectivity index (χ1n) is 9.13. The Morgan fingerprint density at radius 1 is 0.656 bits per heavy atom. The lowest BCUT2D eigenvalue weighted by Crippen LogP contribution is -2.29. The van der Waals surface area contributed by atoms with E-state index in [4.69, 9.17) is 29.2 Å². The van der Waals surface area contributed by atoms with Crippen LogP contribution in [-0.4, -0.2) is 60.6 Å². The summed E-state index contributed by atoms with van der Waals surface area (Å²) in [5.41, 5.74) is 0.677. The van der Waals surface area contributed by atoms with Crippen LogP contribution in [0.5, 0.6) is 23.0 Å². The van der Waals surface area contributed by atoms with Gasteiger partial charge in [-0.3, -0.25) is 19.2 Å². The van der Waals surface area contributed by atoms with Crippen molar-refractivity contribution < 1.29 is 48.3 Å². The second kappa shape index (κ2) is 10.0. The van der Waals surface area contributed by atoms with Crippen molar-refractivity contribution in [3.05, 3.63) is 47.5 Å². The molecule has 32 heavy (non-hydrogen) atoms. The van der Waals surface area contributed by atoms with E-state index in [1.807, 2.05) is 0 Å². The fourth-order valence-corrected chi connectivity index (χ4v) is 2.59. The predicted molar refractivity (Wildman–Crippen MR) is 105 cm³/mol. The van der Waals surface area contributed by atoms with E-state index < -0.39 is 36.8 Å². The van der Waals surface area contributed by atoms with Crippen LogP contribution in [0.1, 0.15) is 20.7 Å². The van der Waals surface area contributed by atoms with Gasteiger partial charge in [-0.1, -0.05) is 0 Å². The summed E-state index contributed by atoms with van der Waals surface area (Å²) in [5, 5.41) is 21.3. The SMILES string of the molecule is O=C(O)CNC(=O)c1ccc2c(c1)OCO2.O=C(O)CNC(=O)c1ccc2c(c1)OCO2. The number of ether oxygens (including phenoxy) is 4. The highest BCUT2D eigenvalue weighted by molar-refractivity contribution is 5.97. The fraction of sp³-hybridized carbons (Fsp3) is 0.200. The van der Waals surface area contributed by atoms with Gasteiger partial charge < -0.3 is 39.8 Å². The Kier molecular flexibility index (Phi) is 6.95. The number of nitrogens with one attached hydrogen (secondary N) is 2. The molecule has 12 nitrogen and oxygen atoms in total. The van der Waals surface area contributed by atoms with Gasteiger partial charge in [-0.2, -0.15) is 0 Å². The van der Waals surface area contributed by atoms with E-state index in [0.29, 0.717) is 34.1 Å². The molecule has 0 fully saturated rings. The summed E-state index contributed by atoms with van der Waals surface area (Å²) >= 11 is 0. The maximum absolute atomic E-state index is 11.5. The second-order valence-corrected chi connectivity index (χ2v) is 6.29. The summed E-state index contributed by atoms with van der Waals surface area (Å²) in [6.07, 6.45) is 0. The summed E-state index contributed by atoms with van der Waals surface area (Å²) < 4.78 is 20.4. The molecule has 0 aliphatic carbocycles. The number of amides is 2. The van der Waals surface area contributed by atoms with Gasteiger partial charge in [-0.25, -0.2) is 0 Å². The zero-order valence-corrected chi connectivity index (χ0v) is 16.5. The Balaban J connectivity index is 0.000000181. The van der Waals surface area contributed by atoms with E-state index in [9.17, 15) is 19.2 Å². The van der Waals surface area contributed by atoms with E-state index in [1.165, 1.54) is 12.1 Å². The molecule has 2 aromatic rings. The Morgan fingerprint density at radius 3 is 1.41 bits per heavy atom. The number of carboxylic acids is 2. The smallest absolute Gasteiger partial charge is 0.322 e. The Morgan fingerprint density at radius 2 is 1.03 bits per heavy atom. The van der Waals surface area contributed by atoms with Gasteiger partial charge in [-0.05, 0) is 36.4 Å².